The number of nitrogens with two attached hydrogens (primary N) is 1. The Labute approximate surface area is 108 Å². The highest BCUT2D eigenvalue weighted by molar-refractivity contribution is 4.89. The summed E-state index contributed by atoms with van der Waals surface area (Å²) in [5, 5.41) is 0. The van der Waals surface area contributed by atoms with E-state index in [1.54, 1.807) is 0 Å². The highest BCUT2D eigenvalue weighted by Gasteiger charge is 2.31. The molecular formula is C15H32N2. The minimum Gasteiger partial charge on any atom is -0.329 e. The molecule has 0 radical (unpaired) electrons. The standard InChI is InChI=1S/C15H32N2/c1-4-6-7-11-15(3,13-16)17(5-2)12-14-9-8-10-14/h14H,4-13,16H2,1-3H3. The minimum atomic E-state index is 0.236. The molecule has 1 aliphatic carbocycles. The molecule has 0 aliphatic heterocycles. The molecule has 0 aromatic rings. The van der Waals surface area contributed by atoms with Crippen molar-refractivity contribution >= 4 is 0 Å². The van der Waals surface area contributed by atoms with E-state index in [4.69, 9.17) is 5.73 Å². The maximum absolute atomic E-state index is 6.06. The van der Waals surface area contributed by atoms with Crippen molar-refractivity contribution in [2.45, 2.75) is 71.3 Å². The second-order valence-corrected chi connectivity index (χ2v) is 5.99. The van der Waals surface area contributed by atoms with Gasteiger partial charge in [-0.25, -0.2) is 0 Å². The van der Waals surface area contributed by atoms with Gasteiger partial charge in [0.15, 0.2) is 0 Å². The molecule has 2 N–H and O–H groups in total. The lowest BCUT2D eigenvalue weighted by Gasteiger charge is -2.44. The van der Waals surface area contributed by atoms with Gasteiger partial charge in [0.05, 0.1) is 0 Å². The van der Waals surface area contributed by atoms with Gasteiger partial charge in [-0.1, -0.05) is 39.5 Å². The summed E-state index contributed by atoms with van der Waals surface area (Å²) in [5.74, 6) is 0.951. The van der Waals surface area contributed by atoms with Gasteiger partial charge in [-0.05, 0) is 38.6 Å². The Bertz CT molecular complexity index is 201. The molecule has 1 saturated carbocycles. The van der Waals surface area contributed by atoms with Gasteiger partial charge in [-0.2, -0.15) is 0 Å². The van der Waals surface area contributed by atoms with E-state index < -0.39 is 0 Å². The normalized spacial score (nSPS) is 20.3. The highest BCUT2D eigenvalue weighted by Crippen LogP contribution is 2.30. The van der Waals surface area contributed by atoms with Crippen LogP contribution in [0.25, 0.3) is 0 Å². The first kappa shape index (κ1) is 15.0. The Balaban J connectivity index is 2.46. The van der Waals surface area contributed by atoms with E-state index in [1.807, 2.05) is 0 Å². The van der Waals surface area contributed by atoms with Gasteiger partial charge in [0.1, 0.15) is 0 Å². The Morgan fingerprint density at radius 1 is 1.24 bits per heavy atom. The molecular weight excluding hydrogens is 208 g/mol. The molecule has 102 valence electrons. The summed E-state index contributed by atoms with van der Waals surface area (Å²) in [7, 11) is 0. The lowest BCUT2D eigenvalue weighted by Crippen LogP contribution is -2.53. The number of likely N-dealkylation sites (N-methyl/N-ethyl adjacent to an activating group) is 1. The first-order valence-corrected chi connectivity index (χ1v) is 7.61. The summed E-state index contributed by atoms with van der Waals surface area (Å²) in [5.41, 5.74) is 6.29. The molecule has 17 heavy (non-hydrogen) atoms. The van der Waals surface area contributed by atoms with Crippen LogP contribution in [0.5, 0.6) is 0 Å². The van der Waals surface area contributed by atoms with Gasteiger partial charge < -0.3 is 5.73 Å². The molecule has 1 fully saturated rings. The van der Waals surface area contributed by atoms with Crippen LogP contribution in [-0.2, 0) is 0 Å². The van der Waals surface area contributed by atoms with Crippen molar-refractivity contribution in [3.05, 3.63) is 0 Å². The summed E-state index contributed by atoms with van der Waals surface area (Å²) in [6.07, 6.45) is 9.55. The van der Waals surface area contributed by atoms with Crippen LogP contribution < -0.4 is 5.73 Å². The van der Waals surface area contributed by atoms with E-state index >= 15 is 0 Å². The number of rotatable bonds is 9. The van der Waals surface area contributed by atoms with Gasteiger partial charge in [-0.15, -0.1) is 0 Å². The fraction of sp³-hybridized carbons (Fsp3) is 1.00. The predicted molar refractivity (Wildman–Crippen MR) is 76.2 cm³/mol. The fourth-order valence-electron chi connectivity index (χ4n) is 2.86. The van der Waals surface area contributed by atoms with E-state index in [-0.39, 0.29) is 5.54 Å². The van der Waals surface area contributed by atoms with Crippen LogP contribution in [0, 0.1) is 5.92 Å². The maximum Gasteiger partial charge on any atom is 0.0303 e. The third-order valence-electron chi connectivity index (χ3n) is 4.61. The van der Waals surface area contributed by atoms with Crippen molar-refractivity contribution in [2.24, 2.45) is 11.7 Å². The van der Waals surface area contributed by atoms with Crippen LogP contribution in [-0.4, -0.2) is 30.1 Å². The monoisotopic (exact) mass is 240 g/mol. The summed E-state index contributed by atoms with van der Waals surface area (Å²) < 4.78 is 0. The molecule has 0 amide bonds. The molecule has 0 aromatic carbocycles. The van der Waals surface area contributed by atoms with Gasteiger partial charge in [0.2, 0.25) is 0 Å². The molecule has 0 aromatic heterocycles. The summed E-state index contributed by atoms with van der Waals surface area (Å²) in [6.45, 7) is 10.1. The first-order valence-electron chi connectivity index (χ1n) is 7.61. The lowest BCUT2D eigenvalue weighted by atomic mass is 9.83. The lowest BCUT2D eigenvalue weighted by molar-refractivity contribution is 0.0675. The molecule has 1 aliphatic rings. The van der Waals surface area contributed by atoms with Gasteiger partial charge >= 0.3 is 0 Å². The molecule has 1 unspecified atom stereocenters. The van der Waals surface area contributed by atoms with Crippen LogP contribution >= 0.6 is 0 Å². The molecule has 0 saturated heterocycles. The molecule has 1 rings (SSSR count). The van der Waals surface area contributed by atoms with Gasteiger partial charge in [-0.3, -0.25) is 4.90 Å². The molecule has 2 heteroatoms. The van der Waals surface area contributed by atoms with Crippen molar-refractivity contribution in [2.75, 3.05) is 19.6 Å². The van der Waals surface area contributed by atoms with Crippen LogP contribution in [0.15, 0.2) is 0 Å². The quantitative estimate of drug-likeness (QED) is 0.626. The van der Waals surface area contributed by atoms with Crippen molar-refractivity contribution in [1.82, 2.24) is 4.90 Å². The second kappa shape index (κ2) is 7.38. The van der Waals surface area contributed by atoms with Crippen LogP contribution in [0.3, 0.4) is 0 Å². The zero-order chi connectivity index (χ0) is 12.7. The first-order chi connectivity index (χ1) is 8.16. The van der Waals surface area contributed by atoms with E-state index in [1.165, 1.54) is 51.5 Å². The van der Waals surface area contributed by atoms with Crippen LogP contribution in [0.1, 0.15) is 65.7 Å². The van der Waals surface area contributed by atoms with Crippen LogP contribution in [0.2, 0.25) is 0 Å². The Morgan fingerprint density at radius 2 is 1.94 bits per heavy atom. The zero-order valence-corrected chi connectivity index (χ0v) is 12.2. The Kier molecular flexibility index (Phi) is 6.50. The largest absolute Gasteiger partial charge is 0.329 e. The van der Waals surface area contributed by atoms with E-state index in [0.717, 1.165) is 19.0 Å². The zero-order valence-electron chi connectivity index (χ0n) is 12.2. The second-order valence-electron chi connectivity index (χ2n) is 5.99. The molecule has 1 atom stereocenters. The molecule has 0 bridgehead atoms. The van der Waals surface area contributed by atoms with E-state index in [0.29, 0.717) is 0 Å². The van der Waals surface area contributed by atoms with Gasteiger partial charge in [0.25, 0.3) is 0 Å². The molecule has 0 spiro atoms. The topological polar surface area (TPSA) is 29.3 Å². The van der Waals surface area contributed by atoms with E-state index in [2.05, 4.69) is 25.7 Å². The number of nitrogens with zero attached hydrogens (tertiary/aromatic N) is 1. The molecule has 0 heterocycles. The average Bonchev–Trinajstić information content (AvgIpc) is 2.28. The fourth-order valence-corrected chi connectivity index (χ4v) is 2.86. The third-order valence-corrected chi connectivity index (χ3v) is 4.61. The highest BCUT2D eigenvalue weighted by atomic mass is 15.2. The van der Waals surface area contributed by atoms with Crippen LogP contribution in [0.4, 0.5) is 0 Å². The smallest absolute Gasteiger partial charge is 0.0303 e. The Hall–Kier alpha value is -0.0800. The van der Waals surface area contributed by atoms with Crippen molar-refractivity contribution < 1.29 is 0 Å². The van der Waals surface area contributed by atoms with Crippen molar-refractivity contribution in [1.29, 1.82) is 0 Å². The van der Waals surface area contributed by atoms with Gasteiger partial charge in [0, 0.05) is 18.6 Å². The summed E-state index contributed by atoms with van der Waals surface area (Å²) in [4.78, 5) is 2.65. The van der Waals surface area contributed by atoms with Crippen molar-refractivity contribution in [3.8, 4) is 0 Å². The molecule has 2 nitrogen and oxygen atoms in total. The number of hydrogen-bond acceptors (Lipinski definition) is 2. The third kappa shape index (κ3) is 4.26. The average molecular weight is 240 g/mol. The Morgan fingerprint density at radius 3 is 2.35 bits per heavy atom. The maximum atomic E-state index is 6.06. The minimum absolute atomic E-state index is 0.236. The number of unbranched alkanes of at least 4 members (excludes halogenated alkanes) is 2. The summed E-state index contributed by atoms with van der Waals surface area (Å²) in [6, 6.07) is 0. The summed E-state index contributed by atoms with van der Waals surface area (Å²) >= 11 is 0. The predicted octanol–water partition coefficient (Wildman–Crippen LogP) is 3.41. The number of hydrogen-bond donors (Lipinski definition) is 1. The van der Waals surface area contributed by atoms with Crippen molar-refractivity contribution in [3.63, 3.8) is 0 Å². The van der Waals surface area contributed by atoms with E-state index in [9.17, 15) is 0 Å². The SMILES string of the molecule is CCCCCC(C)(CN)N(CC)CC1CCC1.